The smallest absolute Gasteiger partial charge is 0.253 e. The minimum atomic E-state index is 0.110. The van der Waals surface area contributed by atoms with Crippen molar-refractivity contribution < 1.29 is 9.90 Å². The Kier molecular flexibility index (Phi) is 4.06. The van der Waals surface area contributed by atoms with Crippen molar-refractivity contribution in [1.29, 1.82) is 0 Å². The van der Waals surface area contributed by atoms with Crippen molar-refractivity contribution in [2.24, 2.45) is 5.92 Å². The maximum absolute atomic E-state index is 12.4. The van der Waals surface area contributed by atoms with E-state index < -0.39 is 0 Å². The Labute approximate surface area is 120 Å². The van der Waals surface area contributed by atoms with Gasteiger partial charge in [-0.15, -0.1) is 0 Å². The Morgan fingerprint density at radius 3 is 2.45 bits per heavy atom. The Morgan fingerprint density at radius 1 is 1.15 bits per heavy atom. The molecule has 2 aliphatic rings. The number of benzene rings is 1. The van der Waals surface area contributed by atoms with E-state index in [0.717, 1.165) is 18.5 Å². The Bertz CT molecular complexity index is 462. The molecule has 0 spiro atoms. The minimum absolute atomic E-state index is 0.110. The maximum atomic E-state index is 12.4. The quantitative estimate of drug-likeness (QED) is 0.920. The molecule has 3 rings (SSSR count). The van der Waals surface area contributed by atoms with Crippen molar-refractivity contribution in [3.8, 4) is 0 Å². The molecule has 1 aliphatic heterocycles. The fourth-order valence-electron chi connectivity index (χ4n) is 3.51. The SMILES string of the molecule is O=C(c1ccc(C2CCCC2)cc1)N1CCC(CO)C1. The highest BCUT2D eigenvalue weighted by molar-refractivity contribution is 5.94. The van der Waals surface area contributed by atoms with Crippen LogP contribution in [-0.2, 0) is 0 Å². The first-order valence-electron chi connectivity index (χ1n) is 7.78. The molecule has 1 heterocycles. The number of carbonyl (C=O) groups is 1. The highest BCUT2D eigenvalue weighted by atomic mass is 16.3. The molecule has 1 N–H and O–H groups in total. The van der Waals surface area contributed by atoms with E-state index in [-0.39, 0.29) is 18.4 Å². The number of amides is 1. The Hall–Kier alpha value is -1.35. The van der Waals surface area contributed by atoms with Gasteiger partial charge in [0.1, 0.15) is 0 Å². The summed E-state index contributed by atoms with van der Waals surface area (Å²) in [6.07, 6.45) is 6.17. The zero-order chi connectivity index (χ0) is 13.9. The van der Waals surface area contributed by atoms with Crippen molar-refractivity contribution in [3.63, 3.8) is 0 Å². The summed E-state index contributed by atoms with van der Waals surface area (Å²) in [6, 6.07) is 8.20. The zero-order valence-electron chi connectivity index (χ0n) is 11.9. The van der Waals surface area contributed by atoms with Gasteiger partial charge in [0.2, 0.25) is 0 Å². The molecule has 3 nitrogen and oxygen atoms in total. The summed E-state index contributed by atoms with van der Waals surface area (Å²) in [4.78, 5) is 14.3. The van der Waals surface area contributed by atoms with Crippen LogP contribution in [0.4, 0.5) is 0 Å². The molecule has 0 aromatic heterocycles. The lowest BCUT2D eigenvalue weighted by Gasteiger charge is -2.17. The van der Waals surface area contributed by atoms with Gasteiger partial charge in [0, 0.05) is 31.2 Å². The second-order valence-corrected chi connectivity index (χ2v) is 6.19. The molecule has 1 aliphatic carbocycles. The lowest BCUT2D eigenvalue weighted by molar-refractivity contribution is 0.0782. The van der Waals surface area contributed by atoms with Gasteiger partial charge in [-0.3, -0.25) is 4.79 Å². The maximum Gasteiger partial charge on any atom is 0.253 e. The number of hydrogen-bond acceptors (Lipinski definition) is 2. The van der Waals surface area contributed by atoms with E-state index in [1.165, 1.54) is 31.2 Å². The van der Waals surface area contributed by atoms with Crippen LogP contribution in [-0.4, -0.2) is 35.6 Å². The summed E-state index contributed by atoms with van der Waals surface area (Å²) in [5.74, 6) is 1.07. The average Bonchev–Trinajstić information content (AvgIpc) is 3.18. The topological polar surface area (TPSA) is 40.5 Å². The molecule has 1 amide bonds. The van der Waals surface area contributed by atoms with Crippen LogP contribution >= 0.6 is 0 Å². The molecule has 1 atom stereocenters. The number of hydrogen-bond donors (Lipinski definition) is 1. The van der Waals surface area contributed by atoms with E-state index in [2.05, 4.69) is 12.1 Å². The zero-order valence-corrected chi connectivity index (χ0v) is 11.9. The number of aliphatic hydroxyl groups is 1. The Morgan fingerprint density at radius 2 is 1.85 bits per heavy atom. The van der Waals surface area contributed by atoms with Crippen molar-refractivity contribution in [3.05, 3.63) is 35.4 Å². The molecular weight excluding hydrogens is 250 g/mol. The van der Waals surface area contributed by atoms with E-state index >= 15 is 0 Å². The second-order valence-electron chi connectivity index (χ2n) is 6.19. The van der Waals surface area contributed by atoms with Crippen molar-refractivity contribution in [1.82, 2.24) is 4.90 Å². The van der Waals surface area contributed by atoms with E-state index in [1.54, 1.807) is 0 Å². The summed E-state index contributed by atoms with van der Waals surface area (Å²) >= 11 is 0. The molecule has 1 aromatic rings. The second kappa shape index (κ2) is 5.96. The standard InChI is InChI=1S/C17H23NO2/c19-12-13-9-10-18(11-13)17(20)16-7-5-15(6-8-16)14-3-1-2-4-14/h5-8,13-14,19H,1-4,9-12H2. The predicted molar refractivity (Wildman–Crippen MR) is 78.7 cm³/mol. The van der Waals surface area contributed by atoms with E-state index in [0.29, 0.717) is 12.5 Å². The largest absolute Gasteiger partial charge is 0.396 e. The van der Waals surface area contributed by atoms with Crippen LogP contribution in [0.3, 0.4) is 0 Å². The molecule has 1 unspecified atom stereocenters. The van der Waals surface area contributed by atoms with Gasteiger partial charge in [0.05, 0.1) is 0 Å². The van der Waals surface area contributed by atoms with Crippen LogP contribution in [0.1, 0.15) is 53.9 Å². The summed E-state index contributed by atoms with van der Waals surface area (Å²) in [7, 11) is 0. The molecular formula is C17H23NO2. The van der Waals surface area contributed by atoms with E-state index in [1.807, 2.05) is 17.0 Å². The van der Waals surface area contributed by atoms with E-state index in [4.69, 9.17) is 5.11 Å². The lowest BCUT2D eigenvalue weighted by Crippen LogP contribution is -2.29. The van der Waals surface area contributed by atoms with Gasteiger partial charge in [-0.1, -0.05) is 25.0 Å². The van der Waals surface area contributed by atoms with Gasteiger partial charge in [0.15, 0.2) is 0 Å². The molecule has 1 saturated heterocycles. The number of aliphatic hydroxyl groups excluding tert-OH is 1. The molecule has 20 heavy (non-hydrogen) atoms. The van der Waals surface area contributed by atoms with Crippen LogP contribution in [0.2, 0.25) is 0 Å². The third-order valence-electron chi connectivity index (χ3n) is 4.82. The summed E-state index contributed by atoms with van der Waals surface area (Å²) in [5.41, 5.74) is 2.17. The molecule has 3 heteroatoms. The number of likely N-dealkylation sites (tertiary alicyclic amines) is 1. The molecule has 0 bridgehead atoms. The number of rotatable bonds is 3. The summed E-state index contributed by atoms with van der Waals surface area (Å²) < 4.78 is 0. The van der Waals surface area contributed by atoms with Crippen LogP contribution < -0.4 is 0 Å². The first kappa shape index (κ1) is 13.6. The summed E-state index contributed by atoms with van der Waals surface area (Å²) in [6.45, 7) is 1.65. The van der Waals surface area contributed by atoms with Crippen LogP contribution in [0.5, 0.6) is 0 Å². The molecule has 2 fully saturated rings. The monoisotopic (exact) mass is 273 g/mol. The fourth-order valence-corrected chi connectivity index (χ4v) is 3.51. The van der Waals surface area contributed by atoms with Crippen molar-refractivity contribution >= 4 is 5.91 Å². The highest BCUT2D eigenvalue weighted by Crippen LogP contribution is 2.34. The average molecular weight is 273 g/mol. The Balaban J connectivity index is 1.66. The fraction of sp³-hybridized carbons (Fsp3) is 0.588. The molecule has 108 valence electrons. The number of carbonyl (C=O) groups excluding carboxylic acids is 1. The molecule has 0 radical (unpaired) electrons. The van der Waals surface area contributed by atoms with Crippen LogP contribution in [0.15, 0.2) is 24.3 Å². The third kappa shape index (κ3) is 2.73. The van der Waals surface area contributed by atoms with Crippen molar-refractivity contribution in [2.75, 3.05) is 19.7 Å². The minimum Gasteiger partial charge on any atom is -0.396 e. The van der Waals surface area contributed by atoms with Gasteiger partial charge in [-0.25, -0.2) is 0 Å². The number of nitrogens with zero attached hydrogens (tertiary/aromatic N) is 1. The van der Waals surface area contributed by atoms with Crippen LogP contribution in [0, 0.1) is 5.92 Å². The summed E-state index contributed by atoms with van der Waals surface area (Å²) in [5, 5.41) is 9.16. The third-order valence-corrected chi connectivity index (χ3v) is 4.82. The van der Waals surface area contributed by atoms with Gasteiger partial charge >= 0.3 is 0 Å². The molecule has 1 aromatic carbocycles. The lowest BCUT2D eigenvalue weighted by atomic mass is 9.96. The van der Waals surface area contributed by atoms with Gasteiger partial charge in [-0.2, -0.15) is 0 Å². The van der Waals surface area contributed by atoms with E-state index in [9.17, 15) is 4.79 Å². The first-order valence-corrected chi connectivity index (χ1v) is 7.78. The van der Waals surface area contributed by atoms with Gasteiger partial charge < -0.3 is 10.0 Å². The van der Waals surface area contributed by atoms with Crippen LogP contribution in [0.25, 0.3) is 0 Å². The van der Waals surface area contributed by atoms with Gasteiger partial charge in [-0.05, 0) is 42.9 Å². The van der Waals surface area contributed by atoms with Crippen molar-refractivity contribution in [2.45, 2.75) is 38.0 Å². The van der Waals surface area contributed by atoms with Gasteiger partial charge in [0.25, 0.3) is 5.91 Å². The highest BCUT2D eigenvalue weighted by Gasteiger charge is 2.26. The molecule has 1 saturated carbocycles. The predicted octanol–water partition coefficient (Wildman–Crippen LogP) is 2.80. The first-order chi connectivity index (χ1) is 9.78. The normalized spacial score (nSPS) is 23.4.